The Morgan fingerprint density at radius 3 is 2.00 bits per heavy atom. The highest BCUT2D eigenvalue weighted by Gasteiger charge is 2.56. The van der Waals surface area contributed by atoms with Gasteiger partial charge in [0, 0.05) is 0 Å². The lowest BCUT2D eigenvalue weighted by Gasteiger charge is -2.38. The Morgan fingerprint density at radius 2 is 1.50 bits per heavy atom. The highest BCUT2D eigenvalue weighted by Crippen LogP contribution is 2.50. The molecule has 20 heavy (non-hydrogen) atoms. The summed E-state index contributed by atoms with van der Waals surface area (Å²) in [7, 11) is 0. The fourth-order valence-electron chi connectivity index (χ4n) is 4.13. The van der Waals surface area contributed by atoms with Crippen LogP contribution in [0.15, 0.2) is 36.4 Å². The van der Waals surface area contributed by atoms with E-state index in [1.54, 1.807) is 0 Å². The standard InChI is InChI=1S/C17H17NO2/c1-10-4-2-3-5-13(10)18-16(19)14-11-6-7-12(9-8-11)15(14)17(18)20/h2-7,11-12,14-15H,8-9H2,1H3/t11-,12-,14+,15+/m0/s1. The molecule has 0 radical (unpaired) electrons. The molecule has 3 heteroatoms. The fourth-order valence-corrected chi connectivity index (χ4v) is 4.13. The van der Waals surface area contributed by atoms with Crippen molar-refractivity contribution in [3.63, 3.8) is 0 Å². The molecule has 2 bridgehead atoms. The molecule has 3 aliphatic carbocycles. The average Bonchev–Trinajstić information content (AvgIpc) is 2.75. The summed E-state index contributed by atoms with van der Waals surface area (Å²) in [5.74, 6) is 0.296. The molecule has 0 N–H and O–H groups in total. The third kappa shape index (κ3) is 1.41. The minimum absolute atomic E-state index is 0.00773. The highest BCUT2D eigenvalue weighted by atomic mass is 16.2. The van der Waals surface area contributed by atoms with Crippen LogP contribution in [0.2, 0.25) is 0 Å². The number of fused-ring (bicyclic) bond motifs is 1. The molecule has 1 aromatic carbocycles. The summed E-state index contributed by atoms with van der Waals surface area (Å²) in [6, 6.07) is 7.64. The first kappa shape index (κ1) is 11.9. The van der Waals surface area contributed by atoms with Crippen LogP contribution in [0.25, 0.3) is 0 Å². The molecular weight excluding hydrogens is 250 g/mol. The number of anilines is 1. The van der Waals surface area contributed by atoms with Crippen LogP contribution in [0.1, 0.15) is 18.4 Å². The predicted molar refractivity (Wildman–Crippen MR) is 76.0 cm³/mol. The van der Waals surface area contributed by atoms with Gasteiger partial charge in [-0.15, -0.1) is 0 Å². The molecule has 3 nitrogen and oxygen atoms in total. The third-order valence-corrected chi connectivity index (χ3v) is 5.12. The first-order valence-electron chi connectivity index (χ1n) is 7.30. The number of benzene rings is 1. The quantitative estimate of drug-likeness (QED) is 0.579. The van der Waals surface area contributed by atoms with Gasteiger partial charge in [-0.05, 0) is 43.2 Å². The Morgan fingerprint density at radius 1 is 0.950 bits per heavy atom. The van der Waals surface area contributed by atoms with Crippen LogP contribution in [0, 0.1) is 30.6 Å². The van der Waals surface area contributed by atoms with E-state index >= 15 is 0 Å². The Labute approximate surface area is 118 Å². The van der Waals surface area contributed by atoms with Crippen LogP contribution in [0.4, 0.5) is 5.69 Å². The van der Waals surface area contributed by atoms with Crippen molar-refractivity contribution in [2.24, 2.45) is 23.7 Å². The largest absolute Gasteiger partial charge is 0.274 e. The molecule has 1 saturated heterocycles. The van der Waals surface area contributed by atoms with E-state index in [2.05, 4.69) is 12.2 Å². The molecule has 0 spiro atoms. The third-order valence-electron chi connectivity index (χ3n) is 5.12. The molecule has 0 aromatic heterocycles. The van der Waals surface area contributed by atoms with Crippen LogP contribution in [0.3, 0.4) is 0 Å². The molecule has 1 heterocycles. The van der Waals surface area contributed by atoms with Crippen molar-refractivity contribution in [2.45, 2.75) is 19.8 Å². The van der Waals surface area contributed by atoms with Crippen molar-refractivity contribution in [2.75, 3.05) is 4.90 Å². The first-order valence-corrected chi connectivity index (χ1v) is 7.30. The first-order chi connectivity index (χ1) is 9.68. The minimum atomic E-state index is -0.120. The molecule has 2 amide bonds. The summed E-state index contributed by atoms with van der Waals surface area (Å²) in [5.41, 5.74) is 1.74. The minimum Gasteiger partial charge on any atom is -0.274 e. The lowest BCUT2D eigenvalue weighted by Crippen LogP contribution is -2.38. The van der Waals surface area contributed by atoms with E-state index in [0.717, 1.165) is 24.1 Å². The number of carbonyl (C=O) groups is 2. The van der Waals surface area contributed by atoms with Crippen molar-refractivity contribution < 1.29 is 9.59 Å². The zero-order valence-corrected chi connectivity index (χ0v) is 11.5. The number of imide groups is 1. The lowest BCUT2D eigenvalue weighted by molar-refractivity contribution is -0.124. The Hall–Kier alpha value is -1.90. The van der Waals surface area contributed by atoms with Gasteiger partial charge in [0.2, 0.25) is 11.8 Å². The van der Waals surface area contributed by atoms with Crippen molar-refractivity contribution in [1.82, 2.24) is 0 Å². The van der Waals surface area contributed by atoms with Crippen LogP contribution in [-0.2, 0) is 9.59 Å². The SMILES string of the molecule is Cc1ccccc1N1C(=O)[C@H]2[C@H](C1=O)[C@H]1C=C[C@H]2CC1. The Bertz CT molecular complexity index is 602. The predicted octanol–water partition coefficient (Wildman–Crippen LogP) is 2.70. The van der Waals surface area contributed by atoms with E-state index in [4.69, 9.17) is 0 Å². The van der Waals surface area contributed by atoms with Crippen molar-refractivity contribution in [3.8, 4) is 0 Å². The molecule has 1 aliphatic heterocycles. The van der Waals surface area contributed by atoms with Gasteiger partial charge in [-0.2, -0.15) is 0 Å². The number of rotatable bonds is 1. The molecule has 102 valence electrons. The summed E-state index contributed by atoms with van der Waals surface area (Å²) in [6.07, 6.45) is 6.40. The van der Waals surface area contributed by atoms with Crippen LogP contribution >= 0.6 is 0 Å². The zero-order valence-electron chi connectivity index (χ0n) is 11.5. The molecule has 0 unspecified atom stereocenters. The zero-order chi connectivity index (χ0) is 13.9. The van der Waals surface area contributed by atoms with Crippen LogP contribution in [0.5, 0.6) is 0 Å². The lowest BCUT2D eigenvalue weighted by atomic mass is 9.63. The summed E-state index contributed by atoms with van der Waals surface area (Å²) in [6.45, 7) is 1.95. The van der Waals surface area contributed by atoms with Gasteiger partial charge in [0.1, 0.15) is 0 Å². The molecule has 5 rings (SSSR count). The Kier molecular flexibility index (Phi) is 2.40. The molecular formula is C17H17NO2. The Balaban J connectivity index is 1.80. The topological polar surface area (TPSA) is 37.4 Å². The monoisotopic (exact) mass is 267 g/mol. The smallest absolute Gasteiger partial charge is 0.238 e. The maximum Gasteiger partial charge on any atom is 0.238 e. The van der Waals surface area contributed by atoms with Gasteiger partial charge in [0.05, 0.1) is 17.5 Å². The number of amides is 2. The molecule has 4 aliphatic rings. The number of aryl methyl sites for hydroxylation is 1. The van der Waals surface area contributed by atoms with E-state index in [0.29, 0.717) is 0 Å². The van der Waals surface area contributed by atoms with E-state index in [1.165, 1.54) is 4.90 Å². The van der Waals surface area contributed by atoms with Gasteiger partial charge >= 0.3 is 0 Å². The number of carbonyl (C=O) groups excluding carboxylic acids is 2. The average molecular weight is 267 g/mol. The van der Waals surface area contributed by atoms with E-state index in [1.807, 2.05) is 31.2 Å². The van der Waals surface area contributed by atoms with Gasteiger partial charge in [0.15, 0.2) is 0 Å². The number of hydrogen-bond acceptors (Lipinski definition) is 2. The van der Waals surface area contributed by atoms with Gasteiger partial charge in [-0.3, -0.25) is 9.59 Å². The molecule has 2 fully saturated rings. The fraction of sp³-hybridized carbons (Fsp3) is 0.412. The molecule has 1 saturated carbocycles. The van der Waals surface area contributed by atoms with Crippen molar-refractivity contribution in [3.05, 3.63) is 42.0 Å². The maximum absolute atomic E-state index is 12.8. The summed E-state index contributed by atoms with van der Waals surface area (Å²) >= 11 is 0. The molecule has 1 aromatic rings. The summed E-state index contributed by atoms with van der Waals surface area (Å²) in [5, 5.41) is 0. The number of para-hydroxylation sites is 1. The maximum atomic E-state index is 12.8. The van der Waals surface area contributed by atoms with Gasteiger partial charge in [-0.25, -0.2) is 4.90 Å². The summed E-state index contributed by atoms with van der Waals surface area (Å²) < 4.78 is 0. The van der Waals surface area contributed by atoms with Crippen molar-refractivity contribution in [1.29, 1.82) is 0 Å². The van der Waals surface area contributed by atoms with Crippen LogP contribution in [-0.4, -0.2) is 11.8 Å². The van der Waals surface area contributed by atoms with E-state index < -0.39 is 0 Å². The van der Waals surface area contributed by atoms with Crippen LogP contribution < -0.4 is 4.90 Å². The summed E-state index contributed by atoms with van der Waals surface area (Å²) in [4.78, 5) is 27.0. The number of allylic oxidation sites excluding steroid dienone is 2. The molecule has 4 atom stereocenters. The highest BCUT2D eigenvalue weighted by molar-refractivity contribution is 6.22. The van der Waals surface area contributed by atoms with E-state index in [9.17, 15) is 9.59 Å². The second kappa shape index (κ2) is 4.05. The second-order valence-electron chi connectivity index (χ2n) is 6.14. The number of nitrogens with zero attached hydrogens (tertiary/aromatic N) is 1. The normalized spacial score (nSPS) is 34.8. The second-order valence-corrected chi connectivity index (χ2v) is 6.14. The van der Waals surface area contributed by atoms with Gasteiger partial charge in [0.25, 0.3) is 0 Å². The van der Waals surface area contributed by atoms with Gasteiger partial charge in [-0.1, -0.05) is 30.4 Å². The van der Waals surface area contributed by atoms with Gasteiger partial charge < -0.3 is 0 Å². The van der Waals surface area contributed by atoms with Crippen molar-refractivity contribution >= 4 is 17.5 Å². The van der Waals surface area contributed by atoms with E-state index in [-0.39, 0.29) is 35.5 Å². The number of hydrogen-bond donors (Lipinski definition) is 0.